The molecule has 1 rings (SSSR count). The average Bonchev–Trinajstić information content (AvgIpc) is 2.06. The van der Waals surface area contributed by atoms with Crippen LogP contribution in [0.4, 0.5) is 0 Å². The minimum absolute atomic E-state index is 0.342. The molecule has 0 saturated heterocycles. The van der Waals surface area contributed by atoms with Gasteiger partial charge in [-0.1, -0.05) is 18.2 Å². The van der Waals surface area contributed by atoms with Crippen molar-refractivity contribution in [1.82, 2.24) is 0 Å². The van der Waals surface area contributed by atoms with Crippen molar-refractivity contribution >= 4 is 5.97 Å². The smallest absolute Gasteiger partial charge is 0.330 e. The Bertz CT molecular complexity index is 226. The van der Waals surface area contributed by atoms with Gasteiger partial charge in [0, 0.05) is 5.57 Å². The number of aliphatic carboxylic acids is 1. The predicted molar refractivity (Wildman–Crippen MR) is 47.9 cm³/mol. The predicted octanol–water partition coefficient (Wildman–Crippen LogP) is 2.37. The fraction of sp³-hybridized carbons (Fsp3) is 0.500. The second-order valence-corrected chi connectivity index (χ2v) is 3.18. The molecule has 0 aromatic carbocycles. The Morgan fingerprint density at radius 1 is 1.67 bits per heavy atom. The zero-order valence-corrected chi connectivity index (χ0v) is 7.29. The van der Waals surface area contributed by atoms with Gasteiger partial charge >= 0.3 is 5.97 Å². The second kappa shape index (κ2) is 4.10. The van der Waals surface area contributed by atoms with Crippen LogP contribution in [0.2, 0.25) is 0 Å². The molecule has 1 aliphatic carbocycles. The van der Waals surface area contributed by atoms with Gasteiger partial charge in [-0.05, 0) is 32.1 Å². The van der Waals surface area contributed by atoms with Crippen molar-refractivity contribution in [3.05, 3.63) is 23.8 Å². The normalized spacial score (nSPS) is 24.1. The minimum atomic E-state index is -0.811. The molecule has 0 heterocycles. The first-order chi connectivity index (χ1) is 5.70. The second-order valence-electron chi connectivity index (χ2n) is 3.18. The molecule has 1 N–H and O–H groups in total. The first-order valence-corrected chi connectivity index (χ1v) is 4.28. The summed E-state index contributed by atoms with van der Waals surface area (Å²) in [4.78, 5) is 10.5. The van der Waals surface area contributed by atoms with Gasteiger partial charge < -0.3 is 5.11 Å². The highest BCUT2D eigenvalue weighted by Crippen LogP contribution is 2.19. The van der Waals surface area contributed by atoms with Crippen LogP contribution in [0.15, 0.2) is 23.8 Å². The molecule has 12 heavy (non-hydrogen) atoms. The number of carboxylic acids is 1. The van der Waals surface area contributed by atoms with Gasteiger partial charge in [0.25, 0.3) is 0 Å². The van der Waals surface area contributed by atoms with Crippen LogP contribution in [0, 0.1) is 5.92 Å². The van der Waals surface area contributed by atoms with E-state index in [1.54, 1.807) is 6.92 Å². The van der Waals surface area contributed by atoms with Crippen molar-refractivity contribution in [1.29, 1.82) is 0 Å². The third-order valence-corrected chi connectivity index (χ3v) is 2.09. The van der Waals surface area contributed by atoms with Gasteiger partial charge in [-0.15, -0.1) is 0 Å². The number of rotatable bonds is 2. The van der Waals surface area contributed by atoms with Crippen molar-refractivity contribution in [3.63, 3.8) is 0 Å². The molecule has 0 aromatic rings. The summed E-state index contributed by atoms with van der Waals surface area (Å²) >= 11 is 0. The molecule has 1 unspecified atom stereocenters. The molecule has 0 fully saturated rings. The van der Waals surface area contributed by atoms with Crippen LogP contribution < -0.4 is 0 Å². The lowest BCUT2D eigenvalue weighted by Crippen LogP contribution is -2.02. The van der Waals surface area contributed by atoms with E-state index in [1.165, 1.54) is 6.42 Å². The van der Waals surface area contributed by atoms with Crippen LogP contribution in [0.1, 0.15) is 26.2 Å². The highest BCUT2D eigenvalue weighted by molar-refractivity contribution is 5.85. The van der Waals surface area contributed by atoms with Gasteiger partial charge in [0.05, 0.1) is 0 Å². The maximum atomic E-state index is 10.5. The van der Waals surface area contributed by atoms with Gasteiger partial charge in [-0.25, -0.2) is 4.79 Å². The van der Waals surface area contributed by atoms with E-state index in [0.717, 1.165) is 12.8 Å². The average molecular weight is 166 g/mol. The van der Waals surface area contributed by atoms with Gasteiger partial charge in [0.1, 0.15) is 0 Å². The number of hydrogen-bond donors (Lipinski definition) is 1. The molecule has 0 radical (unpaired) electrons. The van der Waals surface area contributed by atoms with E-state index in [2.05, 4.69) is 12.2 Å². The van der Waals surface area contributed by atoms with Crippen molar-refractivity contribution in [2.24, 2.45) is 5.92 Å². The van der Waals surface area contributed by atoms with Gasteiger partial charge in [-0.3, -0.25) is 0 Å². The number of hydrogen-bond acceptors (Lipinski definition) is 1. The van der Waals surface area contributed by atoms with E-state index >= 15 is 0 Å². The Kier molecular flexibility index (Phi) is 3.09. The summed E-state index contributed by atoms with van der Waals surface area (Å²) in [5.41, 5.74) is 0.451. The molecule has 2 nitrogen and oxygen atoms in total. The van der Waals surface area contributed by atoms with E-state index in [1.807, 2.05) is 6.08 Å². The molecular formula is C10H14O2. The van der Waals surface area contributed by atoms with Crippen molar-refractivity contribution in [2.75, 3.05) is 0 Å². The molecule has 0 aromatic heterocycles. The van der Waals surface area contributed by atoms with Crippen molar-refractivity contribution in [3.8, 4) is 0 Å². The van der Waals surface area contributed by atoms with Crippen LogP contribution in [0.3, 0.4) is 0 Å². The van der Waals surface area contributed by atoms with Crippen molar-refractivity contribution < 1.29 is 9.90 Å². The van der Waals surface area contributed by atoms with E-state index < -0.39 is 5.97 Å². The first-order valence-electron chi connectivity index (χ1n) is 4.28. The SMILES string of the molecule is CC(=CC1C=CCCC1)C(=O)O. The summed E-state index contributed by atoms with van der Waals surface area (Å²) in [6.45, 7) is 1.64. The highest BCUT2D eigenvalue weighted by Gasteiger charge is 2.07. The molecule has 1 aliphatic rings. The van der Waals surface area contributed by atoms with E-state index in [9.17, 15) is 4.79 Å². The Balaban J connectivity index is 2.59. The Morgan fingerprint density at radius 3 is 2.92 bits per heavy atom. The molecule has 0 spiro atoms. The third-order valence-electron chi connectivity index (χ3n) is 2.09. The van der Waals surface area contributed by atoms with E-state index in [4.69, 9.17) is 5.11 Å². The third kappa shape index (κ3) is 2.53. The summed E-state index contributed by atoms with van der Waals surface area (Å²) in [5.74, 6) is -0.469. The summed E-state index contributed by atoms with van der Waals surface area (Å²) in [6, 6.07) is 0. The quantitative estimate of drug-likeness (QED) is 0.505. The van der Waals surface area contributed by atoms with Gasteiger partial charge in [0.15, 0.2) is 0 Å². The van der Waals surface area contributed by atoms with E-state index in [0.29, 0.717) is 11.5 Å². The maximum absolute atomic E-state index is 10.5. The summed E-state index contributed by atoms with van der Waals surface area (Å²) < 4.78 is 0. The maximum Gasteiger partial charge on any atom is 0.330 e. The van der Waals surface area contributed by atoms with Crippen LogP contribution in [0.5, 0.6) is 0 Å². The van der Waals surface area contributed by atoms with Gasteiger partial charge in [-0.2, -0.15) is 0 Å². The highest BCUT2D eigenvalue weighted by atomic mass is 16.4. The number of allylic oxidation sites excluding steroid dienone is 3. The van der Waals surface area contributed by atoms with Crippen molar-refractivity contribution in [2.45, 2.75) is 26.2 Å². The zero-order valence-electron chi connectivity index (χ0n) is 7.29. The Labute approximate surface area is 72.6 Å². The Morgan fingerprint density at radius 2 is 2.42 bits per heavy atom. The lowest BCUT2D eigenvalue weighted by Gasteiger charge is -2.11. The summed E-state index contributed by atoms with van der Waals surface area (Å²) in [5, 5.41) is 8.62. The summed E-state index contributed by atoms with van der Waals surface area (Å²) in [7, 11) is 0. The molecule has 1 atom stereocenters. The monoisotopic (exact) mass is 166 g/mol. The molecule has 2 heteroatoms. The standard InChI is InChI=1S/C10H14O2/c1-8(10(11)12)7-9-5-3-2-4-6-9/h3,5,7,9H,2,4,6H2,1H3,(H,11,12). The Hall–Kier alpha value is -1.05. The van der Waals surface area contributed by atoms with Crippen LogP contribution in [-0.4, -0.2) is 11.1 Å². The summed E-state index contributed by atoms with van der Waals surface area (Å²) in [6.07, 6.45) is 9.44. The molecule has 0 bridgehead atoms. The van der Waals surface area contributed by atoms with Crippen LogP contribution in [0.25, 0.3) is 0 Å². The number of carboxylic acid groups (broad SMARTS) is 1. The number of carbonyl (C=O) groups is 1. The largest absolute Gasteiger partial charge is 0.478 e. The lowest BCUT2D eigenvalue weighted by atomic mass is 9.94. The zero-order chi connectivity index (χ0) is 8.97. The molecule has 0 amide bonds. The topological polar surface area (TPSA) is 37.3 Å². The van der Waals surface area contributed by atoms with E-state index in [-0.39, 0.29) is 0 Å². The molecule has 0 saturated carbocycles. The lowest BCUT2D eigenvalue weighted by molar-refractivity contribution is -0.132. The van der Waals surface area contributed by atoms with Crippen LogP contribution in [-0.2, 0) is 4.79 Å². The molecule has 66 valence electrons. The van der Waals surface area contributed by atoms with Gasteiger partial charge in [0.2, 0.25) is 0 Å². The first kappa shape index (κ1) is 9.04. The molecule has 0 aliphatic heterocycles. The molecular weight excluding hydrogens is 152 g/mol. The van der Waals surface area contributed by atoms with Crippen LogP contribution >= 0.6 is 0 Å². The minimum Gasteiger partial charge on any atom is -0.478 e. The fourth-order valence-electron chi connectivity index (χ4n) is 1.37. The fourth-order valence-corrected chi connectivity index (χ4v) is 1.37.